The van der Waals surface area contributed by atoms with Crippen LogP contribution in [0.25, 0.3) is 11.4 Å². The summed E-state index contributed by atoms with van der Waals surface area (Å²) in [7, 11) is 0. The molecule has 0 aliphatic heterocycles. The van der Waals surface area contributed by atoms with Crippen LogP contribution in [0.4, 0.5) is 0 Å². The molecule has 1 amide bonds. The number of carbonyl (C=O) groups excluding carboxylic acids is 2. The number of ether oxygens (including phenoxy) is 1. The van der Waals surface area contributed by atoms with Crippen LogP contribution in [0.1, 0.15) is 74.6 Å². The van der Waals surface area contributed by atoms with Crippen LogP contribution in [0.5, 0.6) is 0 Å². The lowest BCUT2D eigenvalue weighted by Gasteiger charge is -2.41. The fourth-order valence-electron chi connectivity index (χ4n) is 4.90. The van der Waals surface area contributed by atoms with Crippen molar-refractivity contribution in [1.29, 1.82) is 0 Å². The molecule has 0 bridgehead atoms. The number of amides is 1. The second-order valence-electron chi connectivity index (χ2n) is 8.48. The molecule has 1 N–H and O–H groups in total. The van der Waals surface area contributed by atoms with Crippen molar-refractivity contribution in [3.63, 3.8) is 0 Å². The molecule has 0 spiro atoms. The SMILES string of the molecule is O=C(OCC(=O)N(C1CCCCC1)C1CCCCC1)c1ccc(-c2ncc[nH]2)cc1. The number of hydrogen-bond donors (Lipinski definition) is 1. The van der Waals surface area contributed by atoms with Gasteiger partial charge in [0.1, 0.15) is 5.82 Å². The molecule has 6 heteroatoms. The van der Waals surface area contributed by atoms with Gasteiger partial charge >= 0.3 is 5.97 Å². The summed E-state index contributed by atoms with van der Waals surface area (Å²) >= 11 is 0. The molecule has 1 aromatic carbocycles. The Hall–Kier alpha value is -2.63. The Morgan fingerprint density at radius 2 is 1.53 bits per heavy atom. The third-order valence-corrected chi connectivity index (χ3v) is 6.44. The zero-order valence-corrected chi connectivity index (χ0v) is 17.5. The van der Waals surface area contributed by atoms with Crippen LogP contribution in [0, 0.1) is 0 Å². The lowest BCUT2D eigenvalue weighted by atomic mass is 9.88. The fourth-order valence-corrected chi connectivity index (χ4v) is 4.90. The topological polar surface area (TPSA) is 75.3 Å². The number of rotatable bonds is 6. The third-order valence-electron chi connectivity index (χ3n) is 6.44. The highest BCUT2D eigenvalue weighted by Gasteiger charge is 2.32. The first-order valence-corrected chi connectivity index (χ1v) is 11.3. The normalized spacial score (nSPS) is 18.1. The highest BCUT2D eigenvalue weighted by Crippen LogP contribution is 2.30. The molecule has 160 valence electrons. The molecule has 2 aliphatic carbocycles. The summed E-state index contributed by atoms with van der Waals surface area (Å²) in [5, 5.41) is 0. The van der Waals surface area contributed by atoms with E-state index >= 15 is 0 Å². The van der Waals surface area contributed by atoms with Crippen molar-refractivity contribution in [2.24, 2.45) is 0 Å². The number of carbonyl (C=O) groups is 2. The maximum atomic E-state index is 13.1. The Balaban J connectivity index is 1.37. The molecular formula is C24H31N3O3. The first-order chi connectivity index (χ1) is 14.7. The Labute approximate surface area is 178 Å². The van der Waals surface area contributed by atoms with Gasteiger partial charge in [-0.3, -0.25) is 4.79 Å². The van der Waals surface area contributed by atoms with Gasteiger partial charge in [0.05, 0.1) is 5.56 Å². The van der Waals surface area contributed by atoms with Gasteiger partial charge in [-0.25, -0.2) is 9.78 Å². The van der Waals surface area contributed by atoms with Crippen LogP contribution in [0.3, 0.4) is 0 Å². The maximum absolute atomic E-state index is 13.1. The van der Waals surface area contributed by atoms with Gasteiger partial charge in [-0.1, -0.05) is 50.7 Å². The summed E-state index contributed by atoms with van der Waals surface area (Å²) in [5.41, 5.74) is 1.34. The molecule has 2 saturated carbocycles. The minimum Gasteiger partial charge on any atom is -0.452 e. The lowest BCUT2D eigenvalue weighted by molar-refractivity contribution is -0.141. The van der Waals surface area contributed by atoms with E-state index in [1.807, 2.05) is 12.1 Å². The second kappa shape index (κ2) is 9.92. The van der Waals surface area contributed by atoms with Crippen LogP contribution in [-0.2, 0) is 9.53 Å². The van der Waals surface area contributed by atoms with E-state index in [2.05, 4.69) is 14.9 Å². The molecule has 30 heavy (non-hydrogen) atoms. The zero-order valence-electron chi connectivity index (χ0n) is 17.5. The molecule has 0 atom stereocenters. The van der Waals surface area contributed by atoms with Gasteiger partial charge in [0.15, 0.2) is 6.61 Å². The van der Waals surface area contributed by atoms with Crippen molar-refractivity contribution in [1.82, 2.24) is 14.9 Å². The third kappa shape index (κ3) is 4.91. The lowest BCUT2D eigenvalue weighted by Crippen LogP contribution is -2.50. The first kappa shape index (κ1) is 20.6. The van der Waals surface area contributed by atoms with Gasteiger partial charge in [0.2, 0.25) is 0 Å². The van der Waals surface area contributed by atoms with E-state index < -0.39 is 5.97 Å². The second-order valence-corrected chi connectivity index (χ2v) is 8.48. The number of esters is 1. The maximum Gasteiger partial charge on any atom is 0.338 e. The first-order valence-electron chi connectivity index (χ1n) is 11.3. The molecular weight excluding hydrogens is 378 g/mol. The standard InChI is InChI=1S/C24H31N3O3/c28-22(27(20-7-3-1-4-8-20)21-9-5-2-6-10-21)17-30-24(29)19-13-11-18(12-14-19)23-25-15-16-26-23/h11-16,20-21H,1-10,17H2,(H,25,26). The van der Waals surface area contributed by atoms with Gasteiger partial charge in [0, 0.05) is 30.0 Å². The summed E-state index contributed by atoms with van der Waals surface area (Å²) in [6.07, 6.45) is 15.0. The van der Waals surface area contributed by atoms with Gasteiger partial charge in [0.25, 0.3) is 5.91 Å². The van der Waals surface area contributed by atoms with Gasteiger partial charge < -0.3 is 14.6 Å². The Kier molecular flexibility index (Phi) is 6.82. The van der Waals surface area contributed by atoms with E-state index in [4.69, 9.17) is 4.74 Å². The predicted octanol–water partition coefficient (Wildman–Crippen LogP) is 4.73. The number of nitrogens with one attached hydrogen (secondary N) is 1. The molecule has 1 aromatic heterocycles. The molecule has 2 aromatic rings. The minimum atomic E-state index is -0.457. The van der Waals surface area contributed by atoms with Gasteiger partial charge in [-0.15, -0.1) is 0 Å². The summed E-state index contributed by atoms with van der Waals surface area (Å²) in [6.45, 7) is -0.175. The molecule has 1 heterocycles. The Morgan fingerprint density at radius 3 is 2.07 bits per heavy atom. The van der Waals surface area contributed by atoms with Gasteiger partial charge in [-0.2, -0.15) is 0 Å². The van der Waals surface area contributed by atoms with Crippen LogP contribution in [0.15, 0.2) is 36.7 Å². The average Bonchev–Trinajstić information content (AvgIpc) is 3.34. The quantitative estimate of drug-likeness (QED) is 0.700. The summed E-state index contributed by atoms with van der Waals surface area (Å²) in [5.74, 6) is 0.261. The Morgan fingerprint density at radius 1 is 0.933 bits per heavy atom. The van der Waals surface area contributed by atoms with Gasteiger partial charge in [-0.05, 0) is 37.8 Å². The number of nitrogens with zero attached hydrogens (tertiary/aromatic N) is 2. The summed E-state index contributed by atoms with van der Waals surface area (Å²) < 4.78 is 5.43. The largest absolute Gasteiger partial charge is 0.452 e. The van der Waals surface area contributed by atoms with Crippen LogP contribution >= 0.6 is 0 Å². The number of imidazole rings is 1. The minimum absolute atomic E-state index is 0.0330. The smallest absolute Gasteiger partial charge is 0.338 e. The van der Waals surface area contributed by atoms with E-state index in [9.17, 15) is 9.59 Å². The number of aromatic amines is 1. The summed E-state index contributed by atoms with van der Waals surface area (Å²) in [6, 6.07) is 7.69. The number of H-pyrrole nitrogens is 1. The van der Waals surface area contributed by atoms with Crippen molar-refractivity contribution in [2.75, 3.05) is 6.61 Å². The monoisotopic (exact) mass is 409 g/mol. The van der Waals surface area contributed by atoms with Crippen molar-refractivity contribution in [2.45, 2.75) is 76.3 Å². The summed E-state index contributed by atoms with van der Waals surface area (Å²) in [4.78, 5) is 35.0. The fraction of sp³-hybridized carbons (Fsp3) is 0.542. The van der Waals surface area contributed by atoms with E-state index in [0.717, 1.165) is 37.1 Å². The van der Waals surface area contributed by atoms with E-state index in [1.165, 1.54) is 38.5 Å². The molecule has 2 aliphatic rings. The number of benzene rings is 1. The zero-order chi connectivity index (χ0) is 20.8. The molecule has 0 unspecified atom stereocenters. The van der Waals surface area contributed by atoms with E-state index in [-0.39, 0.29) is 12.5 Å². The highest BCUT2D eigenvalue weighted by atomic mass is 16.5. The Bertz CT molecular complexity index is 802. The number of aromatic nitrogens is 2. The average molecular weight is 410 g/mol. The van der Waals surface area contributed by atoms with Crippen molar-refractivity contribution in [3.05, 3.63) is 42.2 Å². The highest BCUT2D eigenvalue weighted by molar-refractivity contribution is 5.91. The molecule has 6 nitrogen and oxygen atoms in total. The number of hydrogen-bond acceptors (Lipinski definition) is 4. The van der Waals surface area contributed by atoms with Crippen molar-refractivity contribution >= 4 is 11.9 Å². The van der Waals surface area contributed by atoms with Crippen LogP contribution in [-0.4, -0.2) is 45.4 Å². The molecule has 4 rings (SSSR count). The van der Waals surface area contributed by atoms with E-state index in [1.54, 1.807) is 24.5 Å². The van der Waals surface area contributed by atoms with Crippen molar-refractivity contribution < 1.29 is 14.3 Å². The van der Waals surface area contributed by atoms with Crippen LogP contribution < -0.4 is 0 Å². The predicted molar refractivity (Wildman–Crippen MR) is 115 cm³/mol. The van der Waals surface area contributed by atoms with Crippen LogP contribution in [0.2, 0.25) is 0 Å². The molecule has 0 radical (unpaired) electrons. The molecule has 2 fully saturated rings. The van der Waals surface area contributed by atoms with E-state index in [0.29, 0.717) is 17.6 Å². The van der Waals surface area contributed by atoms with Crippen molar-refractivity contribution in [3.8, 4) is 11.4 Å². The molecule has 0 saturated heterocycles.